The third-order valence-corrected chi connectivity index (χ3v) is 4.99. The molecule has 1 saturated heterocycles. The van der Waals surface area contributed by atoms with Gasteiger partial charge in [0, 0.05) is 24.6 Å². The summed E-state index contributed by atoms with van der Waals surface area (Å²) >= 11 is 1.36. The average Bonchev–Trinajstić information content (AvgIpc) is 2.51. The summed E-state index contributed by atoms with van der Waals surface area (Å²) in [5.41, 5.74) is 0.865. The number of aliphatic carboxylic acids is 1. The lowest BCUT2D eigenvalue weighted by molar-refractivity contribution is -0.142. The van der Waals surface area contributed by atoms with Gasteiger partial charge < -0.3 is 10.0 Å². The Morgan fingerprint density at radius 2 is 2.00 bits per heavy atom. The monoisotopic (exact) mass is 318 g/mol. The van der Waals surface area contributed by atoms with Gasteiger partial charge in [-0.2, -0.15) is 0 Å². The summed E-state index contributed by atoms with van der Waals surface area (Å²) in [4.78, 5) is 38.3. The maximum Gasteiger partial charge on any atom is 0.333 e. The van der Waals surface area contributed by atoms with Gasteiger partial charge in [0.15, 0.2) is 0 Å². The molecule has 0 aromatic heterocycles. The van der Waals surface area contributed by atoms with Crippen LogP contribution in [0.3, 0.4) is 0 Å². The number of carbonyl (C=O) groups excluding carboxylic acids is 2. The Kier molecular flexibility index (Phi) is 3.66. The summed E-state index contributed by atoms with van der Waals surface area (Å²) < 4.78 is 0. The Labute approximate surface area is 131 Å². The second kappa shape index (κ2) is 5.49. The van der Waals surface area contributed by atoms with Crippen molar-refractivity contribution < 1.29 is 19.5 Å². The number of carboxylic acid groups (broad SMARTS) is 1. The van der Waals surface area contributed by atoms with Crippen LogP contribution in [0.5, 0.6) is 0 Å². The number of thioether (sulfide) groups is 1. The number of hydrogen-bond acceptors (Lipinski definition) is 4. The number of β-lactam (4-membered cyclic amide) rings is 1. The zero-order chi connectivity index (χ0) is 15.9. The van der Waals surface area contributed by atoms with Crippen LogP contribution in [0, 0.1) is 0 Å². The van der Waals surface area contributed by atoms with Gasteiger partial charge in [-0.15, -0.1) is 11.8 Å². The molecule has 2 amide bonds. The molecular weight excluding hydrogens is 304 g/mol. The minimum Gasteiger partial charge on any atom is -0.478 e. The Morgan fingerprint density at radius 1 is 1.32 bits per heavy atom. The molecule has 2 heterocycles. The standard InChI is InChI=1S/C15H14N2O4S/c1-9(18)17(11-5-3-2-4-6-11)12-13(19)16-7-10(15(20)21)8-22-14(12)16/h2-7,12,14H,8H2,1H3,(H,20,21)/t12?,14-/m1/s1. The van der Waals surface area contributed by atoms with E-state index in [4.69, 9.17) is 5.11 Å². The summed E-state index contributed by atoms with van der Waals surface area (Å²) in [6, 6.07) is 8.43. The van der Waals surface area contributed by atoms with Crippen LogP contribution in [0.15, 0.2) is 42.1 Å². The summed E-state index contributed by atoms with van der Waals surface area (Å²) in [5, 5.41) is 8.77. The summed E-state index contributed by atoms with van der Waals surface area (Å²) in [5.74, 6) is -1.16. The van der Waals surface area contributed by atoms with Gasteiger partial charge >= 0.3 is 5.97 Å². The zero-order valence-electron chi connectivity index (χ0n) is 11.8. The molecule has 1 unspecified atom stereocenters. The highest BCUT2D eigenvalue weighted by Crippen LogP contribution is 2.40. The molecule has 1 fully saturated rings. The predicted molar refractivity (Wildman–Crippen MR) is 82.2 cm³/mol. The normalized spacial score (nSPS) is 23.2. The van der Waals surface area contributed by atoms with Crippen molar-refractivity contribution in [3.8, 4) is 0 Å². The number of nitrogens with zero attached hydrogens (tertiary/aromatic N) is 2. The maximum absolute atomic E-state index is 12.4. The first-order chi connectivity index (χ1) is 10.5. The van der Waals surface area contributed by atoms with Crippen molar-refractivity contribution in [3.63, 3.8) is 0 Å². The third-order valence-electron chi connectivity index (χ3n) is 3.68. The maximum atomic E-state index is 12.4. The molecule has 2 aliphatic rings. The molecule has 1 aromatic rings. The number of hydrogen-bond donors (Lipinski definition) is 1. The van der Waals surface area contributed by atoms with Gasteiger partial charge in [-0.3, -0.25) is 14.5 Å². The molecule has 0 saturated carbocycles. The highest BCUT2D eigenvalue weighted by Gasteiger charge is 2.53. The van der Waals surface area contributed by atoms with Crippen molar-refractivity contribution in [2.75, 3.05) is 10.7 Å². The summed E-state index contributed by atoms with van der Waals surface area (Å²) in [7, 11) is 0. The fraction of sp³-hybridized carbons (Fsp3) is 0.267. The Hall–Kier alpha value is -2.28. The zero-order valence-corrected chi connectivity index (χ0v) is 12.6. The summed E-state index contributed by atoms with van der Waals surface area (Å²) in [6.07, 6.45) is 1.38. The van der Waals surface area contributed by atoms with E-state index in [9.17, 15) is 14.4 Å². The molecule has 7 heteroatoms. The van der Waals surface area contributed by atoms with Crippen LogP contribution >= 0.6 is 11.8 Å². The van der Waals surface area contributed by atoms with Crippen molar-refractivity contribution in [3.05, 3.63) is 42.1 Å². The third kappa shape index (κ3) is 2.27. The number of fused-ring (bicyclic) bond motifs is 1. The number of anilines is 1. The van der Waals surface area contributed by atoms with Gasteiger partial charge in [-0.1, -0.05) is 18.2 Å². The van der Waals surface area contributed by atoms with Gasteiger partial charge in [0.2, 0.25) is 5.91 Å². The topological polar surface area (TPSA) is 77.9 Å². The van der Waals surface area contributed by atoms with Gasteiger partial charge in [-0.25, -0.2) is 4.79 Å². The van der Waals surface area contributed by atoms with E-state index in [1.165, 1.54) is 34.7 Å². The van der Waals surface area contributed by atoms with Crippen LogP contribution in [0.4, 0.5) is 5.69 Å². The first kappa shape index (κ1) is 14.6. The Morgan fingerprint density at radius 3 is 2.59 bits per heavy atom. The van der Waals surface area contributed by atoms with E-state index in [1.807, 2.05) is 18.2 Å². The van der Waals surface area contributed by atoms with Crippen LogP contribution < -0.4 is 4.90 Å². The van der Waals surface area contributed by atoms with E-state index in [0.29, 0.717) is 11.4 Å². The molecule has 0 bridgehead atoms. The molecule has 2 aliphatic heterocycles. The molecule has 0 spiro atoms. The molecule has 114 valence electrons. The van der Waals surface area contributed by atoms with Crippen molar-refractivity contribution in [2.24, 2.45) is 0 Å². The molecular formula is C15H14N2O4S. The smallest absolute Gasteiger partial charge is 0.333 e. The SMILES string of the molecule is CC(=O)N(c1ccccc1)C1C(=O)N2C=C(C(=O)O)CS[C@H]12. The van der Waals surface area contributed by atoms with Crippen LogP contribution in [0.2, 0.25) is 0 Å². The second-order valence-corrected chi connectivity index (χ2v) is 6.18. The minimum atomic E-state index is -1.02. The average molecular weight is 318 g/mol. The lowest BCUT2D eigenvalue weighted by atomic mass is 10.0. The van der Waals surface area contributed by atoms with Crippen molar-refractivity contribution in [2.45, 2.75) is 18.3 Å². The predicted octanol–water partition coefficient (Wildman–Crippen LogP) is 1.29. The van der Waals surface area contributed by atoms with Crippen molar-refractivity contribution in [1.82, 2.24) is 4.90 Å². The van der Waals surface area contributed by atoms with Gasteiger partial charge in [0.25, 0.3) is 5.91 Å². The Balaban J connectivity index is 1.89. The van der Waals surface area contributed by atoms with E-state index < -0.39 is 12.0 Å². The lowest BCUT2D eigenvalue weighted by Crippen LogP contribution is -2.69. The molecule has 1 N–H and O–H groups in total. The second-order valence-electron chi connectivity index (χ2n) is 5.08. The van der Waals surface area contributed by atoms with Gasteiger partial charge in [-0.05, 0) is 12.1 Å². The highest BCUT2D eigenvalue weighted by molar-refractivity contribution is 8.00. The van der Waals surface area contributed by atoms with E-state index >= 15 is 0 Å². The number of rotatable bonds is 3. The summed E-state index contributed by atoms with van der Waals surface area (Å²) in [6.45, 7) is 1.43. The van der Waals surface area contributed by atoms with E-state index in [1.54, 1.807) is 12.1 Å². The van der Waals surface area contributed by atoms with E-state index in [-0.39, 0.29) is 22.8 Å². The van der Waals surface area contributed by atoms with Crippen LogP contribution in [0.1, 0.15) is 6.92 Å². The number of carboxylic acids is 1. The van der Waals surface area contributed by atoms with Crippen LogP contribution in [0.25, 0.3) is 0 Å². The first-order valence-corrected chi connectivity index (χ1v) is 7.78. The van der Waals surface area contributed by atoms with Crippen LogP contribution in [-0.2, 0) is 14.4 Å². The van der Waals surface area contributed by atoms with E-state index in [0.717, 1.165) is 0 Å². The first-order valence-electron chi connectivity index (χ1n) is 6.73. The highest BCUT2D eigenvalue weighted by atomic mass is 32.2. The van der Waals surface area contributed by atoms with Gasteiger partial charge in [0.05, 0.1) is 5.57 Å². The van der Waals surface area contributed by atoms with Gasteiger partial charge in [0.1, 0.15) is 11.4 Å². The molecule has 0 aliphatic carbocycles. The molecule has 0 radical (unpaired) electrons. The number of benzene rings is 1. The lowest BCUT2D eigenvalue weighted by Gasteiger charge is -2.50. The molecule has 1 aromatic carbocycles. The number of carbonyl (C=O) groups is 3. The molecule has 2 atom stereocenters. The Bertz CT molecular complexity index is 673. The van der Waals surface area contributed by atoms with Crippen molar-refractivity contribution >= 4 is 35.2 Å². The number of amides is 2. The quantitative estimate of drug-likeness (QED) is 0.850. The van der Waals surface area contributed by atoms with E-state index in [2.05, 4.69) is 0 Å². The molecule has 3 rings (SSSR count). The molecule has 22 heavy (non-hydrogen) atoms. The van der Waals surface area contributed by atoms with Crippen molar-refractivity contribution in [1.29, 1.82) is 0 Å². The fourth-order valence-corrected chi connectivity index (χ4v) is 3.93. The number of para-hydroxylation sites is 1. The molecule has 6 nitrogen and oxygen atoms in total. The largest absolute Gasteiger partial charge is 0.478 e. The fourth-order valence-electron chi connectivity index (χ4n) is 2.64. The minimum absolute atomic E-state index is 0.196. The van der Waals surface area contributed by atoms with Crippen LogP contribution in [-0.4, -0.2) is 45.0 Å².